The van der Waals surface area contributed by atoms with Crippen LogP contribution in [0.25, 0.3) is 0 Å². The van der Waals surface area contributed by atoms with Crippen molar-refractivity contribution in [1.82, 2.24) is 23.6 Å². The number of thiazole rings is 1. The molecule has 0 aliphatic carbocycles. The minimum absolute atomic E-state index is 0.0662. The van der Waals surface area contributed by atoms with E-state index < -0.39 is 21.9 Å². The normalized spacial score (nSPS) is 12.3. The van der Waals surface area contributed by atoms with Crippen LogP contribution in [0.5, 0.6) is 6.01 Å². The van der Waals surface area contributed by atoms with Crippen molar-refractivity contribution in [2.75, 3.05) is 6.61 Å². The Kier molecular flexibility index (Phi) is 6.37. The first-order valence-corrected chi connectivity index (χ1v) is 10.2. The fourth-order valence-corrected chi connectivity index (χ4v) is 3.82. The first-order chi connectivity index (χ1) is 12.3. The molecule has 2 rings (SSSR count). The predicted octanol–water partition coefficient (Wildman–Crippen LogP) is 0.140. The van der Waals surface area contributed by atoms with Gasteiger partial charge in [0, 0.05) is 24.7 Å². The molecule has 2 heterocycles. The van der Waals surface area contributed by atoms with Gasteiger partial charge in [0.05, 0.1) is 6.61 Å². The van der Waals surface area contributed by atoms with Crippen molar-refractivity contribution >= 4 is 27.6 Å². The molecule has 0 fully saturated rings. The lowest BCUT2D eigenvalue weighted by molar-refractivity contribution is 0.242. The van der Waals surface area contributed by atoms with Gasteiger partial charge < -0.3 is 9.30 Å². The smallest absolute Gasteiger partial charge is 0.361 e. The van der Waals surface area contributed by atoms with Gasteiger partial charge in [0.1, 0.15) is 0 Å². The van der Waals surface area contributed by atoms with Crippen LogP contribution >= 0.6 is 11.3 Å². The van der Waals surface area contributed by atoms with E-state index in [1.54, 1.807) is 34.7 Å². The maximum absolute atomic E-state index is 12.2. The van der Waals surface area contributed by atoms with E-state index in [9.17, 15) is 18.0 Å². The summed E-state index contributed by atoms with van der Waals surface area (Å²) in [6, 6.07) is -1.30. The van der Waals surface area contributed by atoms with E-state index >= 15 is 0 Å². The molecule has 2 aromatic heterocycles. The number of aromatic nitrogens is 4. The summed E-state index contributed by atoms with van der Waals surface area (Å²) in [5, 5.41) is 5.41. The Hall–Kier alpha value is -2.41. The van der Waals surface area contributed by atoms with Crippen molar-refractivity contribution in [3.05, 3.63) is 26.9 Å². The van der Waals surface area contributed by atoms with Crippen LogP contribution in [0.3, 0.4) is 0 Å². The van der Waals surface area contributed by atoms with Gasteiger partial charge in [-0.3, -0.25) is 0 Å². The number of carbonyl (C=O) groups is 1. The second-order valence-corrected chi connectivity index (χ2v) is 7.22. The Morgan fingerprint density at radius 1 is 1.38 bits per heavy atom. The zero-order valence-corrected chi connectivity index (χ0v) is 16.2. The number of hydrogen-bond donors (Lipinski definition) is 1. The lowest BCUT2D eigenvalue weighted by Crippen LogP contribution is -2.40. The van der Waals surface area contributed by atoms with Crippen molar-refractivity contribution < 1.29 is 17.9 Å². The second kappa shape index (κ2) is 8.31. The van der Waals surface area contributed by atoms with Crippen molar-refractivity contribution in [3.63, 3.8) is 0 Å². The zero-order chi connectivity index (χ0) is 19.3. The first-order valence-electron chi connectivity index (χ1n) is 7.92. The molecule has 0 bridgehead atoms. The number of nitrogens with zero attached hydrogens (tertiary/aromatic N) is 5. The summed E-state index contributed by atoms with van der Waals surface area (Å²) < 4.78 is 37.9. The molecule has 144 valence electrons. The maximum Gasteiger partial charge on any atom is 0.361 e. The third-order valence-electron chi connectivity index (χ3n) is 3.15. The molecular weight excluding hydrogens is 384 g/mol. The molecule has 0 aliphatic heterocycles. The fourth-order valence-electron chi connectivity index (χ4n) is 2.08. The highest BCUT2D eigenvalue weighted by atomic mass is 32.2. The average molecular weight is 404 g/mol. The van der Waals surface area contributed by atoms with E-state index in [1.165, 1.54) is 0 Å². The van der Waals surface area contributed by atoms with Gasteiger partial charge in [0.2, 0.25) is 4.80 Å². The van der Waals surface area contributed by atoms with Crippen LogP contribution in [0, 0.1) is 0 Å². The maximum atomic E-state index is 12.2. The second-order valence-electron chi connectivity index (χ2n) is 5.01. The van der Waals surface area contributed by atoms with Gasteiger partial charge in [-0.25, -0.2) is 18.9 Å². The van der Waals surface area contributed by atoms with Gasteiger partial charge in [-0.15, -0.1) is 25.5 Å². The van der Waals surface area contributed by atoms with Crippen LogP contribution in [0.4, 0.5) is 4.79 Å². The molecular formula is C13H20N6O5S2. The van der Waals surface area contributed by atoms with Crippen LogP contribution in [0.1, 0.15) is 27.2 Å². The van der Waals surface area contributed by atoms with E-state index in [1.807, 2.05) is 6.92 Å². The molecule has 1 amide bonds. The van der Waals surface area contributed by atoms with Crippen LogP contribution in [-0.2, 0) is 23.3 Å². The van der Waals surface area contributed by atoms with Gasteiger partial charge >= 0.3 is 27.9 Å². The fraction of sp³-hybridized carbons (Fsp3) is 0.538. The lowest BCUT2D eigenvalue weighted by Gasteiger charge is -2.02. The summed E-state index contributed by atoms with van der Waals surface area (Å²) in [4.78, 5) is 24.6. The average Bonchev–Trinajstić information content (AvgIpc) is 3.11. The number of nitrogens with one attached hydrogen (secondary N) is 1. The highest BCUT2D eigenvalue weighted by molar-refractivity contribution is 7.88. The van der Waals surface area contributed by atoms with Gasteiger partial charge in [0.25, 0.3) is 0 Å². The Balaban J connectivity index is 2.32. The van der Waals surface area contributed by atoms with Crippen LogP contribution in [-0.4, -0.2) is 40.0 Å². The van der Waals surface area contributed by atoms with E-state index in [0.717, 1.165) is 22.3 Å². The number of amides is 1. The predicted molar refractivity (Wildman–Crippen MR) is 94.3 cm³/mol. The van der Waals surface area contributed by atoms with Crippen molar-refractivity contribution in [1.29, 1.82) is 0 Å². The Bertz CT molecular complexity index is 997. The summed E-state index contributed by atoms with van der Waals surface area (Å²) in [5.41, 5.74) is -0.805. The lowest BCUT2D eigenvalue weighted by atomic mass is 10.5. The molecule has 0 spiro atoms. The molecule has 0 unspecified atom stereocenters. The number of hydrogen-bond acceptors (Lipinski definition) is 7. The summed E-state index contributed by atoms with van der Waals surface area (Å²) >= 11 is 1.12. The number of ether oxygens (including phenoxy) is 1. The van der Waals surface area contributed by atoms with E-state index in [0.29, 0.717) is 11.2 Å². The minimum Gasteiger partial charge on any atom is -0.464 e. The van der Waals surface area contributed by atoms with Crippen molar-refractivity contribution in [2.45, 2.75) is 40.3 Å². The third-order valence-corrected chi connectivity index (χ3v) is 4.91. The molecule has 0 saturated carbocycles. The molecule has 13 heteroatoms. The Morgan fingerprint density at radius 3 is 2.73 bits per heavy atom. The van der Waals surface area contributed by atoms with Crippen LogP contribution < -0.4 is 20.0 Å². The molecule has 26 heavy (non-hydrogen) atoms. The molecule has 11 nitrogen and oxygen atoms in total. The number of rotatable bonds is 7. The molecule has 0 aliphatic rings. The van der Waals surface area contributed by atoms with Gasteiger partial charge in [-0.2, -0.15) is 8.42 Å². The largest absolute Gasteiger partial charge is 0.464 e. The summed E-state index contributed by atoms with van der Waals surface area (Å²) in [6.07, 6.45) is 2.49. The van der Waals surface area contributed by atoms with Crippen LogP contribution in [0.2, 0.25) is 0 Å². The third kappa shape index (κ3) is 4.40. The topological polar surface area (TPSA) is 130 Å². The van der Waals surface area contributed by atoms with Gasteiger partial charge in [0.15, 0.2) is 0 Å². The first kappa shape index (κ1) is 19.9. The van der Waals surface area contributed by atoms with Crippen LogP contribution in [0.15, 0.2) is 20.8 Å². The zero-order valence-electron chi connectivity index (χ0n) is 14.6. The van der Waals surface area contributed by atoms with Gasteiger partial charge in [-0.05, 0) is 20.3 Å². The van der Waals surface area contributed by atoms with E-state index in [-0.39, 0.29) is 24.0 Å². The quantitative estimate of drug-likeness (QED) is 0.699. The van der Waals surface area contributed by atoms with Crippen molar-refractivity contribution in [3.8, 4) is 6.01 Å². The number of aryl methyl sites for hydroxylation is 1. The highest BCUT2D eigenvalue weighted by Gasteiger charge is 2.22. The monoisotopic (exact) mass is 404 g/mol. The summed E-state index contributed by atoms with van der Waals surface area (Å²) in [5.74, 6) is 0. The minimum atomic E-state index is -4.37. The number of carbonyl (C=O) groups excluding carboxylic acids is 1. The van der Waals surface area contributed by atoms with Gasteiger partial charge in [-0.1, -0.05) is 6.92 Å². The molecule has 0 aromatic carbocycles. The van der Waals surface area contributed by atoms with Crippen molar-refractivity contribution in [2.24, 2.45) is 4.40 Å². The van der Waals surface area contributed by atoms with E-state index in [4.69, 9.17) is 4.74 Å². The molecule has 0 saturated heterocycles. The Labute approximate surface area is 153 Å². The standard InChI is InChI=1S/C13H20N6O5S2/c1-4-7-17-8-9-25-12(17)16-26(22,23)15-10(20)19-13(21)18(5-2)11(14-19)24-6-3/h8-9H,4-7H2,1-3H3,(H,15,20)/b16-12+. The molecule has 2 aromatic rings. The molecule has 0 radical (unpaired) electrons. The summed E-state index contributed by atoms with van der Waals surface area (Å²) in [7, 11) is -4.37. The SMILES string of the molecule is CCCn1ccs/c1=N/S(=O)(=O)NC(=O)n1nc(OCC)n(CC)c1=O. The summed E-state index contributed by atoms with van der Waals surface area (Å²) in [6.45, 7) is 6.34. The highest BCUT2D eigenvalue weighted by Crippen LogP contribution is 2.03. The molecule has 1 N–H and O–H groups in total. The van der Waals surface area contributed by atoms with E-state index in [2.05, 4.69) is 9.50 Å². The molecule has 0 atom stereocenters. The Morgan fingerprint density at radius 2 is 2.12 bits per heavy atom.